The predicted molar refractivity (Wildman–Crippen MR) is 114 cm³/mol. The van der Waals surface area contributed by atoms with E-state index in [0.717, 1.165) is 49.1 Å². The number of rotatable bonds is 7. The quantitative estimate of drug-likeness (QED) is 0.702. The second kappa shape index (κ2) is 9.65. The predicted octanol–water partition coefficient (Wildman–Crippen LogP) is 4.87. The fraction of sp³-hybridized carbons (Fsp3) is 0.583. The highest BCUT2D eigenvalue weighted by Crippen LogP contribution is 2.28. The smallest absolute Gasteiger partial charge is 0.251 e. The molecule has 1 N–H and O–H groups in total. The van der Waals surface area contributed by atoms with Gasteiger partial charge in [0.15, 0.2) is 0 Å². The molecule has 6 nitrogen and oxygen atoms in total. The Kier molecular flexibility index (Phi) is 6.72. The summed E-state index contributed by atoms with van der Waals surface area (Å²) in [4.78, 5) is 12.9. The Labute approximate surface area is 178 Å². The maximum absolute atomic E-state index is 12.9. The Morgan fingerprint density at radius 1 is 1.13 bits per heavy atom. The maximum Gasteiger partial charge on any atom is 0.251 e. The van der Waals surface area contributed by atoms with Gasteiger partial charge in [0, 0.05) is 5.56 Å². The van der Waals surface area contributed by atoms with Crippen molar-refractivity contribution in [1.29, 1.82) is 0 Å². The van der Waals surface area contributed by atoms with E-state index < -0.39 is 0 Å². The molecule has 1 heterocycles. The first-order valence-electron chi connectivity index (χ1n) is 11.2. The van der Waals surface area contributed by atoms with E-state index >= 15 is 0 Å². The first kappa shape index (κ1) is 20.9. The van der Waals surface area contributed by atoms with Crippen LogP contribution in [0.2, 0.25) is 0 Å². The molecular formula is C24H32N2O4. The monoisotopic (exact) mass is 412 g/mol. The van der Waals surface area contributed by atoms with Crippen LogP contribution in [0.1, 0.15) is 78.7 Å². The van der Waals surface area contributed by atoms with Crippen molar-refractivity contribution in [3.8, 4) is 5.75 Å². The van der Waals surface area contributed by atoms with Crippen LogP contribution in [-0.4, -0.2) is 29.3 Å². The van der Waals surface area contributed by atoms with Crippen LogP contribution in [0.3, 0.4) is 0 Å². The van der Waals surface area contributed by atoms with Gasteiger partial charge in [-0.25, -0.2) is 0 Å². The number of nitrogens with zero attached hydrogens (tertiary/aromatic N) is 1. The standard InChI is InChI=1S/C24H32N2O4/c1-16-21(17(2)30-26-16)15-28-20-11-7-8-18(14-20)24(27)25-22-12-5-6-13-23(22)29-19-9-3-4-10-19/h7-8,11,14,19,22-23H,3-6,9-10,12-13,15H2,1-2H3,(H,25,27)/t22-,23+/m1/s1. The third kappa shape index (κ3) is 5.04. The van der Waals surface area contributed by atoms with Crippen molar-refractivity contribution < 1.29 is 18.8 Å². The zero-order valence-corrected chi connectivity index (χ0v) is 18.0. The van der Waals surface area contributed by atoms with Crippen molar-refractivity contribution in [2.24, 2.45) is 0 Å². The topological polar surface area (TPSA) is 73.6 Å². The third-order valence-electron chi connectivity index (χ3n) is 6.35. The van der Waals surface area contributed by atoms with E-state index in [1.807, 2.05) is 32.0 Å². The largest absolute Gasteiger partial charge is 0.489 e. The number of aryl methyl sites for hydroxylation is 2. The highest BCUT2D eigenvalue weighted by Gasteiger charge is 2.30. The van der Waals surface area contributed by atoms with E-state index in [9.17, 15) is 4.79 Å². The minimum Gasteiger partial charge on any atom is -0.489 e. The molecule has 1 aromatic heterocycles. The van der Waals surface area contributed by atoms with E-state index in [1.165, 1.54) is 19.3 Å². The molecule has 0 radical (unpaired) electrons. The summed E-state index contributed by atoms with van der Waals surface area (Å²) < 4.78 is 17.5. The molecule has 1 amide bonds. The van der Waals surface area contributed by atoms with Crippen molar-refractivity contribution in [2.45, 2.75) is 90.1 Å². The molecule has 30 heavy (non-hydrogen) atoms. The van der Waals surface area contributed by atoms with Gasteiger partial charge in [-0.3, -0.25) is 4.79 Å². The Morgan fingerprint density at radius 3 is 2.67 bits per heavy atom. The Morgan fingerprint density at radius 2 is 1.90 bits per heavy atom. The van der Waals surface area contributed by atoms with Crippen LogP contribution in [0.15, 0.2) is 28.8 Å². The van der Waals surface area contributed by atoms with E-state index in [2.05, 4.69) is 10.5 Å². The summed E-state index contributed by atoms with van der Waals surface area (Å²) in [5.41, 5.74) is 2.38. The highest BCUT2D eigenvalue weighted by molar-refractivity contribution is 5.94. The normalized spacial score (nSPS) is 22.2. The third-order valence-corrected chi connectivity index (χ3v) is 6.35. The SMILES string of the molecule is Cc1noc(C)c1COc1cccc(C(=O)N[C@@H]2CCCC[C@@H]2OC2CCCC2)c1. The lowest BCUT2D eigenvalue weighted by Gasteiger charge is -2.34. The van der Waals surface area contributed by atoms with Crippen molar-refractivity contribution >= 4 is 5.91 Å². The Hall–Kier alpha value is -2.34. The first-order valence-corrected chi connectivity index (χ1v) is 11.2. The minimum atomic E-state index is -0.0651. The molecule has 4 rings (SSSR count). The lowest BCUT2D eigenvalue weighted by atomic mass is 9.92. The zero-order chi connectivity index (χ0) is 20.9. The number of amides is 1. The van der Waals surface area contributed by atoms with Gasteiger partial charge in [-0.05, 0) is 57.7 Å². The average Bonchev–Trinajstić information content (AvgIpc) is 3.38. The second-order valence-electron chi connectivity index (χ2n) is 8.56. The summed E-state index contributed by atoms with van der Waals surface area (Å²) in [6, 6.07) is 7.42. The van der Waals surface area contributed by atoms with Crippen molar-refractivity contribution in [3.63, 3.8) is 0 Å². The molecule has 1 aromatic carbocycles. The van der Waals surface area contributed by atoms with Crippen LogP contribution in [0, 0.1) is 13.8 Å². The van der Waals surface area contributed by atoms with E-state index in [1.54, 1.807) is 6.07 Å². The van der Waals surface area contributed by atoms with Crippen LogP contribution in [0.4, 0.5) is 0 Å². The number of carbonyl (C=O) groups excluding carboxylic acids is 1. The summed E-state index contributed by atoms with van der Waals surface area (Å²) in [6.45, 7) is 4.14. The molecule has 2 aliphatic carbocycles. The lowest BCUT2D eigenvalue weighted by molar-refractivity contribution is -0.0419. The lowest BCUT2D eigenvalue weighted by Crippen LogP contribution is -2.47. The number of hydrogen-bond donors (Lipinski definition) is 1. The van der Waals surface area contributed by atoms with Crippen molar-refractivity contribution in [2.75, 3.05) is 0 Å². The van der Waals surface area contributed by atoms with Crippen LogP contribution in [-0.2, 0) is 11.3 Å². The number of carbonyl (C=O) groups is 1. The van der Waals surface area contributed by atoms with Crippen molar-refractivity contribution in [1.82, 2.24) is 10.5 Å². The molecular weight excluding hydrogens is 380 g/mol. The molecule has 162 valence electrons. The van der Waals surface area contributed by atoms with Gasteiger partial charge in [0.05, 0.1) is 29.5 Å². The molecule has 0 bridgehead atoms. The van der Waals surface area contributed by atoms with Crippen LogP contribution < -0.4 is 10.1 Å². The van der Waals surface area contributed by atoms with Gasteiger partial charge in [0.1, 0.15) is 18.1 Å². The van der Waals surface area contributed by atoms with Gasteiger partial charge in [-0.1, -0.05) is 36.9 Å². The fourth-order valence-electron chi connectivity index (χ4n) is 4.54. The van der Waals surface area contributed by atoms with Crippen LogP contribution >= 0.6 is 0 Å². The van der Waals surface area contributed by atoms with E-state index in [-0.39, 0.29) is 18.1 Å². The molecule has 0 aliphatic heterocycles. The van der Waals surface area contributed by atoms with Crippen LogP contribution in [0.5, 0.6) is 5.75 Å². The second-order valence-corrected chi connectivity index (χ2v) is 8.56. The first-order chi connectivity index (χ1) is 14.6. The summed E-state index contributed by atoms with van der Waals surface area (Å²) in [6.07, 6.45) is 9.64. The van der Waals surface area contributed by atoms with Gasteiger partial charge in [-0.15, -0.1) is 0 Å². The molecule has 0 spiro atoms. The van der Waals surface area contributed by atoms with Gasteiger partial charge < -0.3 is 19.3 Å². The number of ether oxygens (including phenoxy) is 2. The molecule has 2 aromatic rings. The number of hydrogen-bond acceptors (Lipinski definition) is 5. The summed E-state index contributed by atoms with van der Waals surface area (Å²) in [5.74, 6) is 1.35. The van der Waals surface area contributed by atoms with Gasteiger partial charge in [0.25, 0.3) is 5.91 Å². The summed E-state index contributed by atoms with van der Waals surface area (Å²) in [5, 5.41) is 7.18. The zero-order valence-electron chi connectivity index (χ0n) is 18.0. The molecule has 6 heteroatoms. The number of aromatic nitrogens is 1. The van der Waals surface area contributed by atoms with Crippen LogP contribution in [0.25, 0.3) is 0 Å². The summed E-state index contributed by atoms with van der Waals surface area (Å²) >= 11 is 0. The molecule has 0 saturated heterocycles. The molecule has 2 fully saturated rings. The fourth-order valence-corrected chi connectivity index (χ4v) is 4.54. The van der Waals surface area contributed by atoms with Gasteiger partial charge in [0.2, 0.25) is 0 Å². The maximum atomic E-state index is 12.9. The van der Waals surface area contributed by atoms with Gasteiger partial charge >= 0.3 is 0 Å². The Balaban J connectivity index is 1.37. The molecule has 2 atom stereocenters. The van der Waals surface area contributed by atoms with Gasteiger partial charge in [-0.2, -0.15) is 0 Å². The highest BCUT2D eigenvalue weighted by atomic mass is 16.5. The average molecular weight is 413 g/mol. The van der Waals surface area contributed by atoms with Crippen molar-refractivity contribution in [3.05, 3.63) is 46.8 Å². The molecule has 0 unspecified atom stereocenters. The number of nitrogens with one attached hydrogen (secondary N) is 1. The molecule has 2 saturated carbocycles. The van der Waals surface area contributed by atoms with E-state index in [4.69, 9.17) is 14.0 Å². The van der Waals surface area contributed by atoms with E-state index in [0.29, 0.717) is 24.0 Å². The number of benzene rings is 1. The Bertz CT molecular complexity index is 837. The minimum absolute atomic E-state index is 0.0651. The molecule has 2 aliphatic rings. The summed E-state index contributed by atoms with van der Waals surface area (Å²) in [7, 11) is 0.